The van der Waals surface area contributed by atoms with Crippen LogP contribution in [0, 0.1) is 5.41 Å². The summed E-state index contributed by atoms with van der Waals surface area (Å²) in [5, 5.41) is 7.21. The van der Waals surface area contributed by atoms with E-state index in [4.69, 9.17) is 11.1 Å². The SMILES string of the molecule is CCCCCSc1ccc(C(=N)N)nc1. The first-order valence-electron chi connectivity index (χ1n) is 5.17. The minimum absolute atomic E-state index is 0.0255. The first-order valence-corrected chi connectivity index (χ1v) is 6.16. The molecule has 0 aliphatic rings. The van der Waals surface area contributed by atoms with E-state index in [0.717, 1.165) is 10.6 Å². The van der Waals surface area contributed by atoms with Gasteiger partial charge in [-0.2, -0.15) is 0 Å². The Morgan fingerprint density at radius 2 is 2.27 bits per heavy atom. The quantitative estimate of drug-likeness (QED) is 0.337. The van der Waals surface area contributed by atoms with Gasteiger partial charge in [0.1, 0.15) is 11.5 Å². The van der Waals surface area contributed by atoms with Crippen molar-refractivity contribution in [1.29, 1.82) is 5.41 Å². The Bertz CT molecular complexity index is 308. The second kappa shape index (κ2) is 6.45. The summed E-state index contributed by atoms with van der Waals surface area (Å²) in [5.74, 6) is 1.16. The Labute approximate surface area is 95.0 Å². The molecule has 0 aromatic carbocycles. The van der Waals surface area contributed by atoms with Gasteiger partial charge in [-0.3, -0.25) is 10.4 Å². The fraction of sp³-hybridized carbons (Fsp3) is 0.455. The van der Waals surface area contributed by atoms with Crippen molar-refractivity contribution in [2.45, 2.75) is 31.1 Å². The summed E-state index contributed by atoms with van der Waals surface area (Å²) in [6.45, 7) is 2.20. The summed E-state index contributed by atoms with van der Waals surface area (Å²) in [7, 11) is 0. The van der Waals surface area contributed by atoms with Gasteiger partial charge in [-0.25, -0.2) is 0 Å². The average molecular weight is 223 g/mol. The van der Waals surface area contributed by atoms with Crippen molar-refractivity contribution in [2.75, 3.05) is 5.75 Å². The smallest absolute Gasteiger partial charge is 0.141 e. The lowest BCUT2D eigenvalue weighted by molar-refractivity contribution is 0.778. The average Bonchev–Trinajstić information content (AvgIpc) is 2.25. The van der Waals surface area contributed by atoms with Gasteiger partial charge in [0.2, 0.25) is 0 Å². The van der Waals surface area contributed by atoms with Gasteiger partial charge >= 0.3 is 0 Å². The summed E-state index contributed by atoms with van der Waals surface area (Å²) in [4.78, 5) is 5.26. The van der Waals surface area contributed by atoms with Gasteiger partial charge in [-0.1, -0.05) is 19.8 Å². The number of thioether (sulfide) groups is 1. The number of hydrogen-bond acceptors (Lipinski definition) is 3. The van der Waals surface area contributed by atoms with E-state index in [1.54, 1.807) is 24.0 Å². The summed E-state index contributed by atoms with van der Waals surface area (Å²) < 4.78 is 0. The van der Waals surface area contributed by atoms with Gasteiger partial charge < -0.3 is 5.73 Å². The first-order chi connectivity index (χ1) is 7.24. The lowest BCUT2D eigenvalue weighted by Crippen LogP contribution is -2.12. The summed E-state index contributed by atoms with van der Waals surface area (Å²) >= 11 is 1.81. The summed E-state index contributed by atoms with van der Waals surface area (Å²) in [6, 6.07) is 3.77. The molecule has 4 heteroatoms. The van der Waals surface area contributed by atoms with E-state index < -0.39 is 0 Å². The Morgan fingerprint density at radius 3 is 2.80 bits per heavy atom. The van der Waals surface area contributed by atoms with Gasteiger partial charge in [-0.15, -0.1) is 11.8 Å². The van der Waals surface area contributed by atoms with Crippen LogP contribution in [0.4, 0.5) is 0 Å². The maximum atomic E-state index is 7.21. The van der Waals surface area contributed by atoms with E-state index in [1.807, 2.05) is 6.07 Å². The van der Waals surface area contributed by atoms with Crippen molar-refractivity contribution >= 4 is 17.6 Å². The molecule has 0 unspecified atom stereocenters. The van der Waals surface area contributed by atoms with E-state index in [0.29, 0.717) is 5.69 Å². The van der Waals surface area contributed by atoms with Gasteiger partial charge in [0.25, 0.3) is 0 Å². The number of nitrogens with one attached hydrogen (secondary N) is 1. The molecule has 1 aromatic rings. The fourth-order valence-corrected chi connectivity index (χ4v) is 2.04. The minimum Gasteiger partial charge on any atom is -0.382 e. The van der Waals surface area contributed by atoms with Crippen LogP contribution in [0.25, 0.3) is 0 Å². The van der Waals surface area contributed by atoms with E-state index in [2.05, 4.69) is 11.9 Å². The van der Waals surface area contributed by atoms with Crippen LogP contribution in [0.2, 0.25) is 0 Å². The molecule has 0 spiro atoms. The summed E-state index contributed by atoms with van der Waals surface area (Å²) in [6.07, 6.45) is 5.57. The van der Waals surface area contributed by atoms with E-state index >= 15 is 0 Å². The molecule has 0 fully saturated rings. The van der Waals surface area contributed by atoms with Crippen LogP contribution in [0.1, 0.15) is 31.9 Å². The highest BCUT2D eigenvalue weighted by molar-refractivity contribution is 7.99. The second-order valence-electron chi connectivity index (χ2n) is 3.35. The molecular formula is C11H17N3S. The molecule has 1 aromatic heterocycles. The van der Waals surface area contributed by atoms with E-state index in [-0.39, 0.29) is 5.84 Å². The maximum Gasteiger partial charge on any atom is 0.141 e. The third-order valence-corrected chi connectivity index (χ3v) is 3.10. The lowest BCUT2D eigenvalue weighted by atomic mass is 10.3. The highest BCUT2D eigenvalue weighted by Gasteiger charge is 1.98. The maximum absolute atomic E-state index is 7.21. The van der Waals surface area contributed by atoms with Gasteiger partial charge in [0.05, 0.1) is 0 Å². The predicted molar refractivity (Wildman–Crippen MR) is 65.5 cm³/mol. The zero-order valence-electron chi connectivity index (χ0n) is 8.99. The van der Waals surface area contributed by atoms with Crippen LogP contribution >= 0.6 is 11.8 Å². The van der Waals surface area contributed by atoms with Crippen molar-refractivity contribution < 1.29 is 0 Å². The standard InChI is InChI=1S/C11H17N3S/c1-2-3-4-7-15-9-5-6-10(11(12)13)14-8-9/h5-6,8H,2-4,7H2,1H3,(H3,12,13). The Balaban J connectivity index is 2.39. The Hall–Kier alpha value is -1.03. The molecule has 1 rings (SSSR count). The molecule has 0 amide bonds. The van der Waals surface area contributed by atoms with Crippen LogP contribution in [-0.2, 0) is 0 Å². The number of nitrogen functional groups attached to an aromatic ring is 1. The van der Waals surface area contributed by atoms with Crippen molar-refractivity contribution in [3.8, 4) is 0 Å². The lowest BCUT2D eigenvalue weighted by Gasteiger charge is -2.01. The van der Waals surface area contributed by atoms with Gasteiger partial charge in [0.15, 0.2) is 0 Å². The molecule has 3 N–H and O–H groups in total. The highest BCUT2D eigenvalue weighted by Crippen LogP contribution is 2.18. The van der Waals surface area contributed by atoms with Gasteiger partial charge in [-0.05, 0) is 24.3 Å². The Kier molecular flexibility index (Phi) is 5.18. The van der Waals surface area contributed by atoms with Gasteiger partial charge in [0, 0.05) is 11.1 Å². The van der Waals surface area contributed by atoms with Crippen LogP contribution in [-0.4, -0.2) is 16.6 Å². The molecule has 0 radical (unpaired) electrons. The third kappa shape index (κ3) is 4.34. The summed E-state index contributed by atoms with van der Waals surface area (Å²) in [5.41, 5.74) is 5.87. The number of nitrogens with two attached hydrogens (primary N) is 1. The number of hydrogen-bond donors (Lipinski definition) is 2. The normalized spacial score (nSPS) is 10.2. The largest absolute Gasteiger partial charge is 0.382 e. The van der Waals surface area contributed by atoms with Crippen LogP contribution < -0.4 is 5.73 Å². The molecule has 0 aliphatic heterocycles. The topological polar surface area (TPSA) is 62.8 Å². The molecule has 0 atom stereocenters. The molecule has 15 heavy (non-hydrogen) atoms. The highest BCUT2D eigenvalue weighted by atomic mass is 32.2. The Morgan fingerprint density at radius 1 is 1.47 bits per heavy atom. The monoisotopic (exact) mass is 223 g/mol. The zero-order chi connectivity index (χ0) is 11.1. The zero-order valence-corrected chi connectivity index (χ0v) is 9.81. The second-order valence-corrected chi connectivity index (χ2v) is 4.52. The number of pyridine rings is 1. The molecule has 0 saturated carbocycles. The number of amidine groups is 1. The molecular weight excluding hydrogens is 206 g/mol. The molecule has 0 aliphatic carbocycles. The molecule has 82 valence electrons. The van der Waals surface area contributed by atoms with Crippen molar-refractivity contribution in [3.05, 3.63) is 24.0 Å². The number of nitrogens with zero attached hydrogens (tertiary/aromatic N) is 1. The van der Waals surface area contributed by atoms with E-state index in [9.17, 15) is 0 Å². The molecule has 0 saturated heterocycles. The van der Waals surface area contributed by atoms with E-state index in [1.165, 1.54) is 19.3 Å². The van der Waals surface area contributed by atoms with Crippen LogP contribution in [0.5, 0.6) is 0 Å². The van der Waals surface area contributed by atoms with Crippen LogP contribution in [0.3, 0.4) is 0 Å². The fourth-order valence-electron chi connectivity index (χ4n) is 1.17. The van der Waals surface area contributed by atoms with Crippen molar-refractivity contribution in [3.63, 3.8) is 0 Å². The number of unbranched alkanes of at least 4 members (excludes halogenated alkanes) is 2. The molecule has 0 bridgehead atoms. The predicted octanol–water partition coefficient (Wildman–Crippen LogP) is 2.65. The first kappa shape index (κ1) is 12.0. The molecule has 1 heterocycles. The minimum atomic E-state index is 0.0255. The third-order valence-electron chi connectivity index (χ3n) is 2.03. The number of rotatable bonds is 6. The van der Waals surface area contributed by atoms with Crippen LogP contribution in [0.15, 0.2) is 23.2 Å². The van der Waals surface area contributed by atoms with Crippen molar-refractivity contribution in [1.82, 2.24) is 4.98 Å². The number of aromatic nitrogens is 1. The van der Waals surface area contributed by atoms with Crippen molar-refractivity contribution in [2.24, 2.45) is 5.73 Å². The molecule has 3 nitrogen and oxygen atoms in total.